The van der Waals surface area contributed by atoms with Gasteiger partial charge in [-0.25, -0.2) is 0 Å². The number of nitrogens with zero attached hydrogens (tertiary/aromatic N) is 1. The van der Waals surface area contributed by atoms with Crippen LogP contribution in [0.25, 0.3) is 0 Å². The van der Waals surface area contributed by atoms with Gasteiger partial charge in [-0.1, -0.05) is 13.3 Å². The summed E-state index contributed by atoms with van der Waals surface area (Å²) < 4.78 is 4.79. The fraction of sp³-hybridized carbons (Fsp3) is 0.833. The summed E-state index contributed by atoms with van der Waals surface area (Å²) in [4.78, 5) is 24.4. The van der Waals surface area contributed by atoms with E-state index in [-0.39, 0.29) is 31.4 Å². The van der Waals surface area contributed by atoms with Gasteiger partial charge in [0.15, 0.2) is 0 Å². The molecule has 0 unspecified atom stereocenters. The van der Waals surface area contributed by atoms with Gasteiger partial charge in [0.25, 0.3) is 0 Å². The zero-order valence-electron chi connectivity index (χ0n) is 10.8. The van der Waals surface area contributed by atoms with Gasteiger partial charge >= 0.3 is 5.97 Å². The molecule has 0 aromatic heterocycles. The fourth-order valence-corrected chi connectivity index (χ4v) is 1.43. The second-order valence-electron chi connectivity index (χ2n) is 3.76. The molecule has 0 saturated carbocycles. The topological polar surface area (TPSA) is 66.8 Å². The minimum absolute atomic E-state index is 0.00908. The number of aliphatic hydroxyl groups is 1. The zero-order chi connectivity index (χ0) is 13.1. The predicted octanol–water partition coefficient (Wildman–Crippen LogP) is 0.951. The first-order chi connectivity index (χ1) is 8.15. The Morgan fingerprint density at radius 1 is 1.18 bits per heavy atom. The standard InChI is InChI=1S/C12H23NO4/c1-3-5-6-11(15)13(9-10-14)8-7-12(16)17-4-2/h14H,3-10H2,1-2H3. The van der Waals surface area contributed by atoms with Crippen LogP contribution in [0.1, 0.15) is 39.5 Å². The largest absolute Gasteiger partial charge is 0.466 e. The molecular formula is C12H23NO4. The molecule has 0 aromatic rings. The first kappa shape index (κ1) is 15.9. The summed E-state index contributed by atoms with van der Waals surface area (Å²) in [6.45, 7) is 4.63. The quantitative estimate of drug-likeness (QED) is 0.614. The van der Waals surface area contributed by atoms with Gasteiger partial charge in [0.05, 0.1) is 19.6 Å². The second kappa shape index (κ2) is 10.1. The Morgan fingerprint density at radius 2 is 1.88 bits per heavy atom. The number of hydrogen-bond acceptors (Lipinski definition) is 4. The van der Waals surface area contributed by atoms with Crippen molar-refractivity contribution < 1.29 is 19.4 Å². The van der Waals surface area contributed by atoms with Gasteiger partial charge in [0.2, 0.25) is 5.91 Å². The molecule has 17 heavy (non-hydrogen) atoms. The number of rotatable bonds is 9. The third-order valence-electron chi connectivity index (χ3n) is 2.36. The lowest BCUT2D eigenvalue weighted by Gasteiger charge is -2.21. The molecule has 0 spiro atoms. The van der Waals surface area contributed by atoms with Crippen molar-refractivity contribution in [1.29, 1.82) is 0 Å². The molecule has 5 nitrogen and oxygen atoms in total. The molecule has 0 heterocycles. The number of ether oxygens (including phenoxy) is 1. The number of carbonyl (C=O) groups excluding carboxylic acids is 2. The molecule has 1 amide bonds. The average molecular weight is 245 g/mol. The minimum atomic E-state index is -0.307. The first-order valence-corrected chi connectivity index (χ1v) is 6.19. The molecule has 0 saturated heterocycles. The molecular weight excluding hydrogens is 222 g/mol. The van der Waals surface area contributed by atoms with Crippen LogP contribution in [0.4, 0.5) is 0 Å². The monoisotopic (exact) mass is 245 g/mol. The van der Waals surface area contributed by atoms with Gasteiger partial charge in [0, 0.05) is 19.5 Å². The van der Waals surface area contributed by atoms with E-state index in [1.807, 2.05) is 6.92 Å². The van der Waals surface area contributed by atoms with E-state index in [1.54, 1.807) is 6.92 Å². The number of aliphatic hydroxyl groups excluding tert-OH is 1. The number of carbonyl (C=O) groups is 2. The van der Waals surface area contributed by atoms with Crippen LogP contribution in [0.3, 0.4) is 0 Å². The average Bonchev–Trinajstić information content (AvgIpc) is 2.31. The third-order valence-corrected chi connectivity index (χ3v) is 2.36. The van der Waals surface area contributed by atoms with Crippen LogP contribution >= 0.6 is 0 Å². The van der Waals surface area contributed by atoms with Crippen molar-refractivity contribution in [2.24, 2.45) is 0 Å². The van der Waals surface area contributed by atoms with Crippen molar-refractivity contribution in [2.45, 2.75) is 39.5 Å². The summed E-state index contributed by atoms with van der Waals surface area (Å²) >= 11 is 0. The van der Waals surface area contributed by atoms with Gasteiger partial charge < -0.3 is 14.7 Å². The molecule has 0 bridgehead atoms. The molecule has 0 atom stereocenters. The fourth-order valence-electron chi connectivity index (χ4n) is 1.43. The van der Waals surface area contributed by atoms with Gasteiger partial charge in [-0.3, -0.25) is 9.59 Å². The van der Waals surface area contributed by atoms with E-state index in [0.29, 0.717) is 19.6 Å². The van der Waals surface area contributed by atoms with Gasteiger partial charge in [0.1, 0.15) is 0 Å². The van der Waals surface area contributed by atoms with E-state index in [4.69, 9.17) is 9.84 Å². The summed E-state index contributed by atoms with van der Waals surface area (Å²) in [7, 11) is 0. The Hall–Kier alpha value is -1.10. The maximum atomic E-state index is 11.7. The van der Waals surface area contributed by atoms with Crippen LogP contribution in [-0.4, -0.2) is 48.2 Å². The zero-order valence-corrected chi connectivity index (χ0v) is 10.8. The molecule has 0 aliphatic rings. The Balaban J connectivity index is 4.04. The highest BCUT2D eigenvalue weighted by atomic mass is 16.5. The SMILES string of the molecule is CCCCC(=O)N(CCO)CCC(=O)OCC. The molecule has 0 aliphatic heterocycles. The molecule has 0 fully saturated rings. The first-order valence-electron chi connectivity index (χ1n) is 6.19. The normalized spacial score (nSPS) is 10.1. The Labute approximate surface area is 103 Å². The van der Waals surface area contributed by atoms with Crippen LogP contribution in [0.2, 0.25) is 0 Å². The van der Waals surface area contributed by atoms with E-state index in [0.717, 1.165) is 12.8 Å². The van der Waals surface area contributed by atoms with Crippen LogP contribution < -0.4 is 0 Å². The van der Waals surface area contributed by atoms with Crippen molar-refractivity contribution in [3.63, 3.8) is 0 Å². The van der Waals surface area contributed by atoms with Crippen LogP contribution in [0.15, 0.2) is 0 Å². The van der Waals surface area contributed by atoms with Crippen LogP contribution in [0, 0.1) is 0 Å². The van der Waals surface area contributed by atoms with Crippen molar-refractivity contribution in [3.8, 4) is 0 Å². The summed E-state index contributed by atoms with van der Waals surface area (Å²) in [5.74, 6) is -0.316. The molecule has 0 aliphatic carbocycles. The molecule has 5 heteroatoms. The van der Waals surface area contributed by atoms with Crippen LogP contribution in [-0.2, 0) is 14.3 Å². The maximum Gasteiger partial charge on any atom is 0.307 e. The Bertz CT molecular complexity index is 231. The molecule has 100 valence electrons. The number of esters is 1. The number of hydrogen-bond donors (Lipinski definition) is 1. The van der Waals surface area contributed by atoms with Gasteiger partial charge in [-0.2, -0.15) is 0 Å². The lowest BCUT2D eigenvalue weighted by atomic mass is 10.2. The van der Waals surface area contributed by atoms with E-state index in [9.17, 15) is 9.59 Å². The van der Waals surface area contributed by atoms with Crippen molar-refractivity contribution in [2.75, 3.05) is 26.3 Å². The van der Waals surface area contributed by atoms with E-state index >= 15 is 0 Å². The van der Waals surface area contributed by atoms with Crippen molar-refractivity contribution in [1.82, 2.24) is 4.90 Å². The lowest BCUT2D eigenvalue weighted by Crippen LogP contribution is -2.35. The summed E-state index contributed by atoms with van der Waals surface area (Å²) in [5, 5.41) is 8.87. The van der Waals surface area contributed by atoms with Gasteiger partial charge in [-0.05, 0) is 13.3 Å². The molecule has 0 radical (unpaired) electrons. The summed E-state index contributed by atoms with van der Waals surface area (Å²) in [6, 6.07) is 0. The number of amides is 1. The molecule has 1 N–H and O–H groups in total. The maximum absolute atomic E-state index is 11.7. The lowest BCUT2D eigenvalue weighted by molar-refractivity contribution is -0.144. The van der Waals surface area contributed by atoms with Gasteiger partial charge in [-0.15, -0.1) is 0 Å². The van der Waals surface area contributed by atoms with E-state index in [2.05, 4.69) is 0 Å². The van der Waals surface area contributed by atoms with Crippen molar-refractivity contribution in [3.05, 3.63) is 0 Å². The highest BCUT2D eigenvalue weighted by molar-refractivity contribution is 5.77. The van der Waals surface area contributed by atoms with E-state index in [1.165, 1.54) is 4.90 Å². The minimum Gasteiger partial charge on any atom is -0.466 e. The van der Waals surface area contributed by atoms with E-state index < -0.39 is 0 Å². The highest BCUT2D eigenvalue weighted by Crippen LogP contribution is 2.02. The third kappa shape index (κ3) is 7.74. The Kier molecular flexibility index (Phi) is 9.43. The number of unbranched alkanes of at least 4 members (excludes halogenated alkanes) is 1. The van der Waals surface area contributed by atoms with Crippen LogP contribution in [0.5, 0.6) is 0 Å². The van der Waals surface area contributed by atoms with Crippen molar-refractivity contribution >= 4 is 11.9 Å². The summed E-state index contributed by atoms with van der Waals surface area (Å²) in [6.07, 6.45) is 2.45. The second-order valence-corrected chi connectivity index (χ2v) is 3.76. The molecule has 0 aromatic carbocycles. The molecule has 0 rings (SSSR count). The highest BCUT2D eigenvalue weighted by Gasteiger charge is 2.14. The Morgan fingerprint density at radius 3 is 2.41 bits per heavy atom. The smallest absolute Gasteiger partial charge is 0.307 e. The predicted molar refractivity (Wildman–Crippen MR) is 64.4 cm³/mol. The summed E-state index contributed by atoms with van der Waals surface area (Å²) in [5.41, 5.74) is 0.